The normalized spacial score (nSPS) is 16.2. The summed E-state index contributed by atoms with van der Waals surface area (Å²) >= 11 is 0. The van der Waals surface area contributed by atoms with Crippen molar-refractivity contribution in [2.24, 2.45) is 0 Å². The molecule has 1 fully saturated rings. The van der Waals surface area contributed by atoms with Gasteiger partial charge in [0.1, 0.15) is 0 Å². The topological polar surface area (TPSA) is 48.9 Å². The largest absolute Gasteiger partial charge is 0.388 e. The second-order valence-corrected chi connectivity index (χ2v) is 5.92. The van der Waals surface area contributed by atoms with E-state index in [2.05, 4.69) is 34.5 Å². The third kappa shape index (κ3) is 2.45. The number of fused-ring (bicyclic) bond motifs is 1. The molecule has 0 amide bonds. The number of nitrogens with one attached hydrogen (secondary N) is 1. The standard InChI is InChI=1S/C18H18N2O/c21-18(8-12-4-2-1-3-5-12)15-9-14(13-6-7-13)10-17-16(15)11-19-20-17/h1-5,9-11,13,18,21H,6-8H2,(H,19,20). The number of benzene rings is 2. The summed E-state index contributed by atoms with van der Waals surface area (Å²) in [7, 11) is 0. The maximum absolute atomic E-state index is 10.7. The van der Waals surface area contributed by atoms with E-state index in [1.54, 1.807) is 0 Å². The monoisotopic (exact) mass is 278 g/mol. The summed E-state index contributed by atoms with van der Waals surface area (Å²) in [5, 5.41) is 18.9. The molecule has 2 N–H and O–H groups in total. The second kappa shape index (κ2) is 5.01. The van der Waals surface area contributed by atoms with Gasteiger partial charge < -0.3 is 5.11 Å². The van der Waals surface area contributed by atoms with Gasteiger partial charge >= 0.3 is 0 Å². The molecule has 1 aliphatic rings. The molecule has 1 saturated carbocycles. The summed E-state index contributed by atoms with van der Waals surface area (Å²) < 4.78 is 0. The van der Waals surface area contributed by atoms with Crippen LogP contribution in [-0.4, -0.2) is 15.3 Å². The van der Waals surface area contributed by atoms with Crippen molar-refractivity contribution in [3.05, 3.63) is 65.4 Å². The predicted octanol–water partition coefficient (Wildman–Crippen LogP) is 3.72. The lowest BCUT2D eigenvalue weighted by atomic mass is 9.95. The maximum atomic E-state index is 10.7. The van der Waals surface area contributed by atoms with E-state index in [1.807, 2.05) is 24.4 Å². The van der Waals surface area contributed by atoms with Gasteiger partial charge in [-0.05, 0) is 41.5 Å². The lowest BCUT2D eigenvalue weighted by molar-refractivity contribution is 0.180. The van der Waals surface area contributed by atoms with Gasteiger partial charge in [-0.15, -0.1) is 0 Å². The number of aliphatic hydroxyl groups is 1. The number of nitrogens with zero attached hydrogens (tertiary/aromatic N) is 1. The molecule has 0 radical (unpaired) electrons. The highest BCUT2D eigenvalue weighted by Crippen LogP contribution is 2.42. The van der Waals surface area contributed by atoms with Crippen LogP contribution in [0.1, 0.15) is 41.6 Å². The Hall–Kier alpha value is -2.13. The molecule has 106 valence electrons. The minimum Gasteiger partial charge on any atom is -0.388 e. The van der Waals surface area contributed by atoms with Gasteiger partial charge in [-0.1, -0.05) is 36.4 Å². The molecule has 2 aromatic carbocycles. The van der Waals surface area contributed by atoms with Crippen LogP contribution in [0.25, 0.3) is 10.9 Å². The molecular formula is C18H18N2O. The summed E-state index contributed by atoms with van der Waals surface area (Å²) in [5.74, 6) is 0.667. The highest BCUT2D eigenvalue weighted by molar-refractivity contribution is 5.83. The third-order valence-electron chi connectivity index (χ3n) is 4.29. The van der Waals surface area contributed by atoms with Crippen LogP contribution >= 0.6 is 0 Å². The third-order valence-corrected chi connectivity index (χ3v) is 4.29. The van der Waals surface area contributed by atoms with E-state index in [1.165, 1.54) is 18.4 Å². The van der Waals surface area contributed by atoms with Crippen LogP contribution in [0.3, 0.4) is 0 Å². The summed E-state index contributed by atoms with van der Waals surface area (Å²) in [6, 6.07) is 14.5. The van der Waals surface area contributed by atoms with Crippen LogP contribution in [0, 0.1) is 0 Å². The lowest BCUT2D eigenvalue weighted by Crippen LogP contribution is -2.03. The Morgan fingerprint density at radius 1 is 1.19 bits per heavy atom. The average molecular weight is 278 g/mol. The number of hydrogen-bond donors (Lipinski definition) is 2. The van der Waals surface area contributed by atoms with E-state index in [-0.39, 0.29) is 0 Å². The Kier molecular flexibility index (Phi) is 3.00. The molecule has 1 heterocycles. The first-order valence-electron chi connectivity index (χ1n) is 7.50. The fraction of sp³-hybridized carbons (Fsp3) is 0.278. The van der Waals surface area contributed by atoms with Crippen molar-refractivity contribution in [2.45, 2.75) is 31.3 Å². The molecule has 21 heavy (non-hydrogen) atoms. The van der Waals surface area contributed by atoms with Crippen LogP contribution in [0.15, 0.2) is 48.7 Å². The molecule has 0 spiro atoms. The summed E-state index contributed by atoms with van der Waals surface area (Å²) in [4.78, 5) is 0. The Morgan fingerprint density at radius 2 is 2.00 bits per heavy atom. The minimum absolute atomic E-state index is 0.494. The van der Waals surface area contributed by atoms with Crippen LogP contribution < -0.4 is 0 Å². The van der Waals surface area contributed by atoms with Crippen LogP contribution in [0.2, 0.25) is 0 Å². The summed E-state index contributed by atoms with van der Waals surface area (Å²) in [6.07, 6.45) is 4.47. The minimum atomic E-state index is -0.494. The number of rotatable bonds is 4. The Morgan fingerprint density at radius 3 is 2.76 bits per heavy atom. The number of aromatic amines is 1. The molecule has 0 aliphatic heterocycles. The van der Waals surface area contributed by atoms with Crippen molar-refractivity contribution >= 4 is 10.9 Å². The fourth-order valence-electron chi connectivity index (χ4n) is 2.98. The van der Waals surface area contributed by atoms with Gasteiger partial charge in [0, 0.05) is 11.8 Å². The van der Waals surface area contributed by atoms with E-state index in [0.29, 0.717) is 12.3 Å². The zero-order valence-corrected chi connectivity index (χ0v) is 11.8. The molecular weight excluding hydrogens is 260 g/mol. The summed E-state index contributed by atoms with van der Waals surface area (Å²) in [5.41, 5.74) is 4.50. The molecule has 3 aromatic rings. The van der Waals surface area contributed by atoms with Crippen molar-refractivity contribution in [3.8, 4) is 0 Å². The molecule has 1 atom stereocenters. The number of H-pyrrole nitrogens is 1. The first-order chi connectivity index (χ1) is 10.3. The van der Waals surface area contributed by atoms with Gasteiger partial charge in [0.05, 0.1) is 17.8 Å². The number of aromatic nitrogens is 2. The molecule has 0 bridgehead atoms. The van der Waals surface area contributed by atoms with Gasteiger partial charge in [0.15, 0.2) is 0 Å². The Balaban J connectivity index is 1.72. The first kappa shape index (κ1) is 12.6. The van der Waals surface area contributed by atoms with E-state index in [9.17, 15) is 5.11 Å². The molecule has 1 aromatic heterocycles. The van der Waals surface area contributed by atoms with Crippen molar-refractivity contribution < 1.29 is 5.11 Å². The average Bonchev–Trinajstić information content (AvgIpc) is 3.25. The first-order valence-corrected chi connectivity index (χ1v) is 7.50. The van der Waals surface area contributed by atoms with E-state index < -0.39 is 6.10 Å². The Labute approximate surface area is 123 Å². The summed E-state index contributed by atoms with van der Waals surface area (Å²) in [6.45, 7) is 0. The molecule has 4 rings (SSSR count). The van der Waals surface area contributed by atoms with E-state index in [4.69, 9.17) is 0 Å². The van der Waals surface area contributed by atoms with Crippen molar-refractivity contribution in [3.63, 3.8) is 0 Å². The fourth-order valence-corrected chi connectivity index (χ4v) is 2.98. The molecule has 3 nitrogen and oxygen atoms in total. The molecule has 1 aliphatic carbocycles. The van der Waals surface area contributed by atoms with Crippen LogP contribution in [0.4, 0.5) is 0 Å². The lowest BCUT2D eigenvalue weighted by Gasteiger charge is -2.14. The molecule has 1 unspecified atom stereocenters. The Bertz CT molecular complexity index is 759. The highest BCUT2D eigenvalue weighted by Gasteiger charge is 2.25. The SMILES string of the molecule is OC(Cc1ccccc1)c1cc(C2CC2)cc2[nH]ncc12. The predicted molar refractivity (Wildman–Crippen MR) is 83.2 cm³/mol. The smallest absolute Gasteiger partial charge is 0.0837 e. The van der Waals surface area contributed by atoms with Crippen molar-refractivity contribution in [2.75, 3.05) is 0 Å². The quantitative estimate of drug-likeness (QED) is 0.764. The van der Waals surface area contributed by atoms with Gasteiger partial charge in [-0.25, -0.2) is 0 Å². The maximum Gasteiger partial charge on any atom is 0.0837 e. The van der Waals surface area contributed by atoms with Crippen LogP contribution in [0.5, 0.6) is 0 Å². The van der Waals surface area contributed by atoms with Gasteiger partial charge in [0.25, 0.3) is 0 Å². The zero-order chi connectivity index (χ0) is 14.2. The van der Waals surface area contributed by atoms with Gasteiger partial charge in [-0.2, -0.15) is 5.10 Å². The molecule has 3 heteroatoms. The van der Waals surface area contributed by atoms with Gasteiger partial charge in [0.2, 0.25) is 0 Å². The van der Waals surface area contributed by atoms with Crippen molar-refractivity contribution in [1.82, 2.24) is 10.2 Å². The van der Waals surface area contributed by atoms with E-state index >= 15 is 0 Å². The number of aliphatic hydroxyl groups excluding tert-OH is 1. The zero-order valence-electron chi connectivity index (χ0n) is 11.8. The highest BCUT2D eigenvalue weighted by atomic mass is 16.3. The second-order valence-electron chi connectivity index (χ2n) is 5.92. The molecule has 0 saturated heterocycles. The van der Waals surface area contributed by atoms with Crippen LogP contribution in [-0.2, 0) is 6.42 Å². The van der Waals surface area contributed by atoms with E-state index in [0.717, 1.165) is 22.0 Å². The van der Waals surface area contributed by atoms with Crippen molar-refractivity contribution in [1.29, 1.82) is 0 Å². The number of hydrogen-bond acceptors (Lipinski definition) is 2. The van der Waals surface area contributed by atoms with Gasteiger partial charge in [-0.3, -0.25) is 5.10 Å².